The van der Waals surface area contributed by atoms with Crippen LogP contribution in [0.4, 0.5) is 5.69 Å². The van der Waals surface area contributed by atoms with E-state index in [0.29, 0.717) is 17.9 Å². The Morgan fingerprint density at radius 1 is 1.16 bits per heavy atom. The van der Waals surface area contributed by atoms with Crippen LogP contribution in [-0.4, -0.2) is 28.9 Å². The Hall–Kier alpha value is -2.34. The van der Waals surface area contributed by atoms with Crippen molar-refractivity contribution in [2.24, 2.45) is 11.8 Å². The van der Waals surface area contributed by atoms with Crippen LogP contribution >= 0.6 is 11.6 Å². The molecule has 0 aliphatic heterocycles. The van der Waals surface area contributed by atoms with Crippen molar-refractivity contribution in [3.63, 3.8) is 0 Å². The number of carboxylic acids is 1. The first-order chi connectivity index (χ1) is 11.8. The van der Waals surface area contributed by atoms with E-state index >= 15 is 0 Å². The summed E-state index contributed by atoms with van der Waals surface area (Å²) in [6.45, 7) is 3.66. The van der Waals surface area contributed by atoms with Crippen LogP contribution < -0.4 is 10.6 Å². The van der Waals surface area contributed by atoms with E-state index in [1.807, 2.05) is 13.8 Å². The lowest BCUT2D eigenvalue weighted by Crippen LogP contribution is -2.36. The number of nitrogens with one attached hydrogen (secondary N) is 2. The van der Waals surface area contributed by atoms with Gasteiger partial charge in [-0.1, -0.05) is 23.8 Å². The van der Waals surface area contributed by atoms with Gasteiger partial charge in [-0.25, -0.2) is 0 Å². The van der Waals surface area contributed by atoms with E-state index in [2.05, 4.69) is 10.6 Å². The molecule has 3 N–H and O–H groups in total. The second-order valence-electron chi connectivity index (χ2n) is 6.30. The topological polar surface area (TPSA) is 95.5 Å². The van der Waals surface area contributed by atoms with Crippen LogP contribution in [0.2, 0.25) is 5.02 Å². The maximum atomic E-state index is 12.6. The predicted octanol–water partition coefficient (Wildman–Crippen LogP) is 3.08. The summed E-state index contributed by atoms with van der Waals surface area (Å²) in [6.07, 6.45) is 4.22. The monoisotopic (exact) mass is 364 g/mol. The molecule has 6 nitrogen and oxygen atoms in total. The zero-order valence-corrected chi connectivity index (χ0v) is 14.8. The molecule has 25 heavy (non-hydrogen) atoms. The second-order valence-corrected chi connectivity index (χ2v) is 6.74. The predicted molar refractivity (Wildman–Crippen MR) is 95.7 cm³/mol. The molecule has 0 radical (unpaired) electrons. The smallest absolute Gasteiger partial charge is 0.307 e. The third-order valence-corrected chi connectivity index (χ3v) is 4.23. The number of hydrogen-bond acceptors (Lipinski definition) is 3. The first-order valence-corrected chi connectivity index (χ1v) is 8.46. The van der Waals surface area contributed by atoms with Crippen molar-refractivity contribution in [3.8, 4) is 0 Å². The Morgan fingerprint density at radius 3 is 2.40 bits per heavy atom. The molecule has 0 aromatic heterocycles. The number of benzene rings is 1. The Balaban J connectivity index is 2.25. The molecule has 0 saturated carbocycles. The highest BCUT2D eigenvalue weighted by Gasteiger charge is 2.34. The van der Waals surface area contributed by atoms with Gasteiger partial charge >= 0.3 is 5.97 Å². The van der Waals surface area contributed by atoms with Gasteiger partial charge in [0.2, 0.25) is 5.91 Å². The number of allylic oxidation sites excluding steroid dienone is 2. The van der Waals surface area contributed by atoms with Crippen molar-refractivity contribution in [2.75, 3.05) is 5.32 Å². The summed E-state index contributed by atoms with van der Waals surface area (Å²) in [5.41, 5.74) is 0.555. The third kappa shape index (κ3) is 4.82. The third-order valence-electron chi connectivity index (χ3n) is 3.99. The molecule has 0 spiro atoms. The Morgan fingerprint density at radius 2 is 1.80 bits per heavy atom. The van der Waals surface area contributed by atoms with Crippen LogP contribution in [-0.2, 0) is 9.59 Å². The van der Waals surface area contributed by atoms with Crippen LogP contribution in [0, 0.1) is 11.8 Å². The highest BCUT2D eigenvalue weighted by molar-refractivity contribution is 6.31. The van der Waals surface area contributed by atoms with E-state index in [0.717, 1.165) is 0 Å². The molecule has 1 aliphatic rings. The van der Waals surface area contributed by atoms with Crippen molar-refractivity contribution in [1.82, 2.24) is 5.32 Å². The van der Waals surface area contributed by atoms with E-state index in [9.17, 15) is 19.5 Å². The van der Waals surface area contributed by atoms with Crippen LogP contribution in [0.3, 0.4) is 0 Å². The molecule has 2 amide bonds. The lowest BCUT2D eigenvalue weighted by Gasteiger charge is -2.24. The van der Waals surface area contributed by atoms with E-state index in [4.69, 9.17) is 11.6 Å². The quantitative estimate of drug-likeness (QED) is 0.699. The van der Waals surface area contributed by atoms with Gasteiger partial charge in [-0.05, 0) is 44.9 Å². The van der Waals surface area contributed by atoms with Gasteiger partial charge in [0.1, 0.15) is 0 Å². The summed E-state index contributed by atoms with van der Waals surface area (Å²) in [6, 6.07) is 4.52. The molecule has 0 saturated heterocycles. The fourth-order valence-corrected chi connectivity index (χ4v) is 2.93. The molecular weight excluding hydrogens is 344 g/mol. The normalized spacial score (nSPS) is 19.5. The van der Waals surface area contributed by atoms with Crippen molar-refractivity contribution in [3.05, 3.63) is 40.9 Å². The number of carbonyl (C=O) groups excluding carboxylic acids is 2. The molecule has 1 aromatic carbocycles. The van der Waals surface area contributed by atoms with Crippen molar-refractivity contribution in [1.29, 1.82) is 0 Å². The second kappa shape index (κ2) is 8.16. The Labute approximate surface area is 151 Å². The van der Waals surface area contributed by atoms with Gasteiger partial charge in [0.15, 0.2) is 0 Å². The largest absolute Gasteiger partial charge is 0.481 e. The number of aliphatic carboxylic acids is 1. The van der Waals surface area contributed by atoms with Crippen LogP contribution in [0.15, 0.2) is 30.4 Å². The average Bonchev–Trinajstić information content (AvgIpc) is 2.54. The van der Waals surface area contributed by atoms with Gasteiger partial charge in [0.05, 0.1) is 23.1 Å². The zero-order valence-electron chi connectivity index (χ0n) is 14.1. The molecular formula is C18H21ClN2O4. The first-order valence-electron chi connectivity index (χ1n) is 8.08. The van der Waals surface area contributed by atoms with Gasteiger partial charge in [0.25, 0.3) is 5.91 Å². The Kier molecular flexibility index (Phi) is 6.20. The SMILES string of the molecule is CC(C)NC(=O)c1ccc(Cl)cc1NC(=O)[C@@H]1CC=CC[C@H]1C(=O)O. The molecule has 0 heterocycles. The summed E-state index contributed by atoms with van der Waals surface area (Å²) in [4.78, 5) is 36.3. The lowest BCUT2D eigenvalue weighted by molar-refractivity contribution is -0.146. The van der Waals surface area contributed by atoms with Crippen molar-refractivity contribution >= 4 is 35.1 Å². The molecule has 1 aliphatic carbocycles. The first kappa shape index (κ1) is 19.0. The summed E-state index contributed by atoms with van der Waals surface area (Å²) < 4.78 is 0. The number of amides is 2. The molecule has 7 heteroatoms. The molecule has 0 unspecified atom stereocenters. The molecule has 2 rings (SSSR count). The standard InChI is InChI=1S/C18H21ClN2O4/c1-10(2)20-17(23)14-8-7-11(19)9-15(14)21-16(22)12-5-3-4-6-13(12)18(24)25/h3-4,7-10,12-13H,5-6H2,1-2H3,(H,20,23)(H,21,22)(H,24,25)/t12-,13-/m1/s1. The van der Waals surface area contributed by atoms with Gasteiger partial charge in [-0.3, -0.25) is 14.4 Å². The number of carboxylic acid groups (broad SMARTS) is 1. The molecule has 0 bridgehead atoms. The summed E-state index contributed by atoms with van der Waals surface area (Å²) in [7, 11) is 0. The summed E-state index contributed by atoms with van der Waals surface area (Å²) >= 11 is 5.99. The average molecular weight is 365 g/mol. The molecule has 1 aromatic rings. The number of carbonyl (C=O) groups is 3. The van der Waals surface area contributed by atoms with Gasteiger partial charge in [-0.15, -0.1) is 0 Å². The van der Waals surface area contributed by atoms with Crippen molar-refractivity contribution < 1.29 is 19.5 Å². The Bertz CT molecular complexity index is 715. The number of halogens is 1. The van der Waals surface area contributed by atoms with Gasteiger partial charge in [-0.2, -0.15) is 0 Å². The van der Waals surface area contributed by atoms with E-state index in [1.54, 1.807) is 18.2 Å². The molecule has 134 valence electrons. The maximum absolute atomic E-state index is 12.6. The summed E-state index contributed by atoms with van der Waals surface area (Å²) in [5, 5.41) is 15.1. The summed E-state index contributed by atoms with van der Waals surface area (Å²) in [5.74, 6) is -3.24. The highest BCUT2D eigenvalue weighted by atomic mass is 35.5. The van der Waals surface area contributed by atoms with Crippen LogP contribution in [0.5, 0.6) is 0 Å². The van der Waals surface area contributed by atoms with Crippen LogP contribution in [0.1, 0.15) is 37.0 Å². The fourth-order valence-electron chi connectivity index (χ4n) is 2.76. The van der Waals surface area contributed by atoms with E-state index in [1.165, 1.54) is 12.1 Å². The minimum absolute atomic E-state index is 0.0633. The minimum atomic E-state index is -1.01. The number of hydrogen-bond donors (Lipinski definition) is 3. The van der Waals surface area contributed by atoms with Crippen molar-refractivity contribution in [2.45, 2.75) is 32.7 Å². The van der Waals surface area contributed by atoms with Gasteiger partial charge in [0, 0.05) is 11.1 Å². The molecule has 2 atom stereocenters. The minimum Gasteiger partial charge on any atom is -0.481 e. The lowest BCUT2D eigenvalue weighted by atomic mass is 9.82. The maximum Gasteiger partial charge on any atom is 0.307 e. The number of anilines is 1. The van der Waals surface area contributed by atoms with Gasteiger partial charge < -0.3 is 15.7 Å². The highest BCUT2D eigenvalue weighted by Crippen LogP contribution is 2.29. The molecule has 0 fully saturated rings. The zero-order chi connectivity index (χ0) is 18.6. The van der Waals surface area contributed by atoms with E-state index in [-0.39, 0.29) is 23.2 Å². The van der Waals surface area contributed by atoms with Crippen LogP contribution in [0.25, 0.3) is 0 Å². The number of rotatable bonds is 5. The fraction of sp³-hybridized carbons (Fsp3) is 0.389. The van der Waals surface area contributed by atoms with E-state index < -0.39 is 23.7 Å².